The van der Waals surface area contributed by atoms with Crippen molar-refractivity contribution in [3.05, 3.63) is 29.7 Å². The van der Waals surface area contributed by atoms with Gasteiger partial charge in [0.05, 0.1) is 12.2 Å². The molecule has 0 saturated carbocycles. The molecule has 1 aliphatic heterocycles. The largest absolute Gasteiger partial charge is 0.494 e. The minimum absolute atomic E-state index is 0.0619. The third-order valence-corrected chi connectivity index (χ3v) is 4.73. The van der Waals surface area contributed by atoms with Crippen molar-refractivity contribution in [2.24, 2.45) is 0 Å². The molecule has 3 rings (SSSR count). The number of hydrogen-bond acceptors (Lipinski definition) is 6. The Morgan fingerprint density at radius 1 is 1.25 bits per heavy atom. The van der Waals surface area contributed by atoms with E-state index in [0.29, 0.717) is 44.5 Å². The number of ether oxygens (including phenoxy) is 1. The van der Waals surface area contributed by atoms with Gasteiger partial charge < -0.3 is 19.1 Å². The van der Waals surface area contributed by atoms with E-state index in [2.05, 4.69) is 10.1 Å². The number of alkyl halides is 3. The summed E-state index contributed by atoms with van der Waals surface area (Å²) in [6.07, 6.45) is -3.08. The number of aryl methyl sites for hydroxylation is 1. The van der Waals surface area contributed by atoms with Gasteiger partial charge in [0.2, 0.25) is 5.89 Å². The standard InChI is InChI=1S/C19H25F3N4O2/c1-4-10-27-14-6-7-16(15(11-14)19(20,21)22)25-8-9-26(13(3)12-25)18-23-17(5-2)28-24-18/h6-7,11,13H,4-5,8-10,12H2,1-3H3/t13-/m0/s1. The van der Waals surface area contributed by atoms with Gasteiger partial charge >= 0.3 is 6.18 Å². The normalized spacial score (nSPS) is 17.9. The summed E-state index contributed by atoms with van der Waals surface area (Å²) in [6.45, 7) is 7.53. The molecule has 0 aliphatic carbocycles. The lowest BCUT2D eigenvalue weighted by atomic mass is 10.1. The maximum Gasteiger partial charge on any atom is 0.418 e. The molecular weight excluding hydrogens is 373 g/mol. The zero-order valence-electron chi connectivity index (χ0n) is 16.3. The first-order valence-electron chi connectivity index (χ1n) is 9.51. The van der Waals surface area contributed by atoms with E-state index < -0.39 is 11.7 Å². The van der Waals surface area contributed by atoms with Crippen LogP contribution in [-0.4, -0.2) is 42.4 Å². The number of nitrogens with zero attached hydrogens (tertiary/aromatic N) is 4. The van der Waals surface area contributed by atoms with Crippen LogP contribution in [0.1, 0.15) is 38.6 Å². The molecule has 1 aliphatic rings. The summed E-state index contributed by atoms with van der Waals surface area (Å²) in [6, 6.07) is 4.13. The number of piperazine rings is 1. The SMILES string of the molecule is CCCOc1ccc(N2CCN(c3noc(CC)n3)[C@@H](C)C2)c(C(F)(F)F)c1. The number of halogens is 3. The molecule has 0 radical (unpaired) electrons. The van der Waals surface area contributed by atoms with Gasteiger partial charge in [-0.05, 0) is 36.7 Å². The molecule has 0 N–H and O–H groups in total. The zero-order chi connectivity index (χ0) is 20.3. The van der Waals surface area contributed by atoms with Crippen LogP contribution in [0.2, 0.25) is 0 Å². The van der Waals surface area contributed by atoms with Crippen LogP contribution in [0.5, 0.6) is 5.75 Å². The summed E-state index contributed by atoms with van der Waals surface area (Å²) in [4.78, 5) is 8.05. The van der Waals surface area contributed by atoms with E-state index in [1.54, 1.807) is 11.0 Å². The summed E-state index contributed by atoms with van der Waals surface area (Å²) in [7, 11) is 0. The fourth-order valence-corrected chi connectivity index (χ4v) is 3.31. The number of benzene rings is 1. The van der Waals surface area contributed by atoms with E-state index in [1.165, 1.54) is 6.07 Å². The monoisotopic (exact) mass is 398 g/mol. The Bertz CT molecular complexity index is 794. The highest BCUT2D eigenvalue weighted by molar-refractivity contribution is 5.59. The summed E-state index contributed by atoms with van der Waals surface area (Å²) < 4.78 is 51.5. The van der Waals surface area contributed by atoms with Crippen LogP contribution in [0, 0.1) is 0 Å². The van der Waals surface area contributed by atoms with E-state index in [9.17, 15) is 13.2 Å². The van der Waals surface area contributed by atoms with E-state index >= 15 is 0 Å². The van der Waals surface area contributed by atoms with Crippen molar-refractivity contribution in [3.8, 4) is 5.75 Å². The molecule has 0 spiro atoms. The second-order valence-electron chi connectivity index (χ2n) is 6.86. The molecule has 0 bridgehead atoms. The minimum atomic E-state index is -4.45. The van der Waals surface area contributed by atoms with Crippen LogP contribution < -0.4 is 14.5 Å². The van der Waals surface area contributed by atoms with Crippen molar-refractivity contribution < 1.29 is 22.4 Å². The molecule has 1 aromatic heterocycles. The van der Waals surface area contributed by atoms with Gasteiger partial charge in [-0.2, -0.15) is 18.2 Å². The lowest BCUT2D eigenvalue weighted by Crippen LogP contribution is -2.53. The molecule has 1 fully saturated rings. The van der Waals surface area contributed by atoms with Gasteiger partial charge in [0.1, 0.15) is 5.75 Å². The third kappa shape index (κ3) is 4.34. The topological polar surface area (TPSA) is 54.6 Å². The summed E-state index contributed by atoms with van der Waals surface area (Å²) in [5, 5.41) is 3.98. The molecule has 2 aromatic rings. The van der Waals surface area contributed by atoms with Crippen LogP contribution in [0.25, 0.3) is 0 Å². The fourth-order valence-electron chi connectivity index (χ4n) is 3.31. The van der Waals surface area contributed by atoms with E-state index in [4.69, 9.17) is 9.26 Å². The van der Waals surface area contributed by atoms with Crippen molar-refractivity contribution in [2.75, 3.05) is 36.0 Å². The van der Waals surface area contributed by atoms with Crippen molar-refractivity contribution >= 4 is 11.6 Å². The quantitative estimate of drug-likeness (QED) is 0.729. The first-order valence-corrected chi connectivity index (χ1v) is 9.51. The van der Waals surface area contributed by atoms with E-state index in [-0.39, 0.29) is 17.5 Å². The Labute approximate surface area is 162 Å². The predicted molar refractivity (Wildman–Crippen MR) is 99.9 cm³/mol. The number of aromatic nitrogens is 2. The fraction of sp³-hybridized carbons (Fsp3) is 0.579. The van der Waals surface area contributed by atoms with Crippen LogP contribution in [0.3, 0.4) is 0 Å². The van der Waals surface area contributed by atoms with Gasteiger partial charge in [-0.15, -0.1) is 0 Å². The molecular formula is C19H25F3N4O2. The smallest absolute Gasteiger partial charge is 0.418 e. The Hall–Kier alpha value is -2.45. The van der Waals surface area contributed by atoms with E-state index in [0.717, 1.165) is 12.5 Å². The van der Waals surface area contributed by atoms with Crippen molar-refractivity contribution in [3.63, 3.8) is 0 Å². The highest BCUT2D eigenvalue weighted by Crippen LogP contribution is 2.39. The Morgan fingerprint density at radius 3 is 2.64 bits per heavy atom. The van der Waals surface area contributed by atoms with Gasteiger partial charge in [-0.25, -0.2) is 0 Å². The van der Waals surface area contributed by atoms with Gasteiger partial charge in [0.15, 0.2) is 0 Å². The first-order chi connectivity index (χ1) is 13.3. The molecule has 6 nitrogen and oxygen atoms in total. The average Bonchev–Trinajstić information content (AvgIpc) is 3.14. The second kappa shape index (κ2) is 8.28. The van der Waals surface area contributed by atoms with Gasteiger partial charge in [0, 0.05) is 37.8 Å². The molecule has 1 atom stereocenters. The number of rotatable bonds is 6. The molecule has 9 heteroatoms. The third-order valence-electron chi connectivity index (χ3n) is 4.73. The van der Waals surface area contributed by atoms with Crippen LogP contribution in [0.4, 0.5) is 24.8 Å². The Balaban J connectivity index is 1.80. The van der Waals surface area contributed by atoms with Crippen molar-refractivity contribution in [1.29, 1.82) is 0 Å². The molecule has 0 amide bonds. The predicted octanol–water partition coefficient (Wildman–Crippen LogP) is 4.15. The molecule has 28 heavy (non-hydrogen) atoms. The Morgan fingerprint density at radius 2 is 2.04 bits per heavy atom. The maximum absolute atomic E-state index is 13.7. The number of anilines is 2. The lowest BCUT2D eigenvalue weighted by molar-refractivity contribution is -0.137. The summed E-state index contributed by atoms with van der Waals surface area (Å²) in [5.41, 5.74) is -0.500. The molecule has 154 valence electrons. The van der Waals surface area contributed by atoms with E-state index in [1.807, 2.05) is 25.7 Å². The number of hydrogen-bond donors (Lipinski definition) is 0. The first kappa shape index (κ1) is 20.3. The summed E-state index contributed by atoms with van der Waals surface area (Å²) >= 11 is 0. The van der Waals surface area contributed by atoms with Crippen LogP contribution >= 0.6 is 0 Å². The van der Waals surface area contributed by atoms with Crippen molar-refractivity contribution in [2.45, 2.75) is 45.8 Å². The molecule has 0 unspecified atom stereocenters. The van der Waals surface area contributed by atoms with Gasteiger partial charge in [-0.3, -0.25) is 0 Å². The van der Waals surface area contributed by atoms with Crippen molar-refractivity contribution in [1.82, 2.24) is 10.1 Å². The zero-order valence-corrected chi connectivity index (χ0v) is 16.3. The molecule has 1 aromatic carbocycles. The second-order valence-corrected chi connectivity index (χ2v) is 6.86. The maximum atomic E-state index is 13.7. The highest BCUT2D eigenvalue weighted by Gasteiger charge is 2.37. The average molecular weight is 398 g/mol. The molecule has 1 saturated heterocycles. The minimum Gasteiger partial charge on any atom is -0.494 e. The Kier molecular flexibility index (Phi) is 6.00. The van der Waals surface area contributed by atoms with Crippen LogP contribution in [-0.2, 0) is 12.6 Å². The van der Waals surface area contributed by atoms with Gasteiger partial charge in [0.25, 0.3) is 5.95 Å². The molecule has 2 heterocycles. The summed E-state index contributed by atoms with van der Waals surface area (Å²) in [5.74, 6) is 1.28. The van der Waals surface area contributed by atoms with Gasteiger partial charge in [-0.1, -0.05) is 13.8 Å². The van der Waals surface area contributed by atoms with Crippen LogP contribution in [0.15, 0.2) is 22.7 Å². The highest BCUT2D eigenvalue weighted by atomic mass is 19.4. The lowest BCUT2D eigenvalue weighted by Gasteiger charge is -2.41.